The second-order valence-corrected chi connectivity index (χ2v) is 6.96. The number of para-hydroxylation sites is 1. The molecule has 0 spiro atoms. The van der Waals surface area contributed by atoms with Crippen molar-refractivity contribution >= 4 is 0 Å². The Kier molecular flexibility index (Phi) is 6.71. The number of rotatable bonds is 8. The van der Waals surface area contributed by atoms with Gasteiger partial charge in [0.25, 0.3) is 0 Å². The standard InChI is InChI=1S/C21H29NO3/c1-21(2,3)18-15-17(23-4)9-10-20(18)25-14-13-24-19-8-6-5-7-16(19)11-12-22/h5-10,15H,11-14,22H2,1-4H3. The SMILES string of the molecule is COc1ccc(OCCOc2ccccc2CCN)c(C(C)(C)C)c1. The average Bonchev–Trinajstić information content (AvgIpc) is 2.59. The average molecular weight is 343 g/mol. The second kappa shape index (κ2) is 8.77. The van der Waals surface area contributed by atoms with E-state index in [1.165, 1.54) is 0 Å². The van der Waals surface area contributed by atoms with Crippen LogP contribution in [0.5, 0.6) is 17.2 Å². The van der Waals surface area contributed by atoms with Gasteiger partial charge in [-0.15, -0.1) is 0 Å². The summed E-state index contributed by atoms with van der Waals surface area (Å²) in [6.45, 7) is 8.05. The fourth-order valence-electron chi connectivity index (χ4n) is 2.66. The van der Waals surface area contributed by atoms with Crippen LogP contribution in [0.3, 0.4) is 0 Å². The molecule has 0 saturated carbocycles. The first-order valence-electron chi connectivity index (χ1n) is 8.68. The summed E-state index contributed by atoms with van der Waals surface area (Å²) in [4.78, 5) is 0. The maximum absolute atomic E-state index is 5.98. The van der Waals surface area contributed by atoms with Crippen LogP contribution in [-0.2, 0) is 11.8 Å². The summed E-state index contributed by atoms with van der Waals surface area (Å²) in [6, 6.07) is 13.9. The molecular formula is C21H29NO3. The maximum Gasteiger partial charge on any atom is 0.123 e. The topological polar surface area (TPSA) is 53.7 Å². The molecule has 0 unspecified atom stereocenters. The molecule has 0 amide bonds. The molecule has 0 aromatic heterocycles. The van der Waals surface area contributed by atoms with Gasteiger partial charge in [-0.1, -0.05) is 39.0 Å². The third kappa shape index (κ3) is 5.40. The maximum atomic E-state index is 5.98. The van der Waals surface area contributed by atoms with Gasteiger partial charge in [0.05, 0.1) is 7.11 Å². The molecule has 136 valence electrons. The zero-order valence-electron chi connectivity index (χ0n) is 15.7. The van der Waals surface area contributed by atoms with Gasteiger partial charge in [-0.2, -0.15) is 0 Å². The number of nitrogens with two attached hydrogens (primary N) is 1. The Labute approximate surface area is 150 Å². The highest BCUT2D eigenvalue weighted by molar-refractivity contribution is 5.44. The van der Waals surface area contributed by atoms with E-state index < -0.39 is 0 Å². The van der Waals surface area contributed by atoms with Crippen LogP contribution >= 0.6 is 0 Å². The van der Waals surface area contributed by atoms with Crippen LogP contribution in [0.4, 0.5) is 0 Å². The van der Waals surface area contributed by atoms with Crippen molar-refractivity contribution in [3.8, 4) is 17.2 Å². The van der Waals surface area contributed by atoms with Crippen molar-refractivity contribution in [1.82, 2.24) is 0 Å². The molecule has 4 heteroatoms. The van der Waals surface area contributed by atoms with Crippen LogP contribution < -0.4 is 19.9 Å². The van der Waals surface area contributed by atoms with Gasteiger partial charge in [-0.25, -0.2) is 0 Å². The first-order valence-corrected chi connectivity index (χ1v) is 8.68. The number of methoxy groups -OCH3 is 1. The van der Waals surface area contributed by atoms with E-state index in [1.807, 2.05) is 42.5 Å². The zero-order valence-corrected chi connectivity index (χ0v) is 15.7. The Morgan fingerprint density at radius 1 is 0.920 bits per heavy atom. The summed E-state index contributed by atoms with van der Waals surface area (Å²) >= 11 is 0. The van der Waals surface area contributed by atoms with Gasteiger partial charge in [0, 0.05) is 5.56 Å². The summed E-state index contributed by atoms with van der Waals surface area (Å²) in [5.74, 6) is 2.58. The Balaban J connectivity index is 1.98. The minimum absolute atomic E-state index is 0.0293. The van der Waals surface area contributed by atoms with Crippen LogP contribution in [-0.4, -0.2) is 26.9 Å². The Bertz CT molecular complexity index is 677. The van der Waals surface area contributed by atoms with Gasteiger partial charge in [0.1, 0.15) is 30.5 Å². The smallest absolute Gasteiger partial charge is 0.123 e. The van der Waals surface area contributed by atoms with E-state index in [0.29, 0.717) is 19.8 Å². The normalized spacial score (nSPS) is 11.2. The summed E-state index contributed by atoms with van der Waals surface area (Å²) in [6.07, 6.45) is 0.809. The molecule has 25 heavy (non-hydrogen) atoms. The van der Waals surface area contributed by atoms with E-state index in [2.05, 4.69) is 20.8 Å². The molecule has 2 rings (SSSR count). The molecule has 0 saturated heterocycles. The molecule has 0 radical (unpaired) electrons. The van der Waals surface area contributed by atoms with Gasteiger partial charge >= 0.3 is 0 Å². The predicted molar refractivity (Wildman–Crippen MR) is 102 cm³/mol. The van der Waals surface area contributed by atoms with Gasteiger partial charge in [-0.05, 0) is 48.2 Å². The molecular weight excluding hydrogens is 314 g/mol. The molecule has 0 fully saturated rings. The van der Waals surface area contributed by atoms with E-state index >= 15 is 0 Å². The largest absolute Gasteiger partial charge is 0.497 e. The first-order chi connectivity index (χ1) is 12.0. The molecule has 0 aliphatic rings. The highest BCUT2D eigenvalue weighted by Crippen LogP contribution is 2.34. The lowest BCUT2D eigenvalue weighted by Crippen LogP contribution is -2.16. The fourth-order valence-corrected chi connectivity index (χ4v) is 2.66. The van der Waals surface area contributed by atoms with Crippen molar-refractivity contribution in [3.05, 3.63) is 53.6 Å². The van der Waals surface area contributed by atoms with E-state index in [9.17, 15) is 0 Å². The zero-order chi connectivity index (χ0) is 18.3. The molecule has 0 bridgehead atoms. The van der Waals surface area contributed by atoms with Crippen molar-refractivity contribution < 1.29 is 14.2 Å². The minimum Gasteiger partial charge on any atom is -0.497 e. The van der Waals surface area contributed by atoms with Crippen molar-refractivity contribution in [2.75, 3.05) is 26.9 Å². The summed E-state index contributed by atoms with van der Waals surface area (Å²) in [5.41, 5.74) is 7.87. The molecule has 0 aliphatic carbocycles. The van der Waals surface area contributed by atoms with Crippen LogP contribution in [0.2, 0.25) is 0 Å². The Hall–Kier alpha value is -2.20. The Morgan fingerprint density at radius 3 is 2.24 bits per heavy atom. The lowest BCUT2D eigenvalue weighted by molar-refractivity contribution is 0.213. The molecule has 2 aromatic carbocycles. The summed E-state index contributed by atoms with van der Waals surface area (Å²) in [7, 11) is 1.68. The van der Waals surface area contributed by atoms with Crippen molar-refractivity contribution in [2.24, 2.45) is 5.73 Å². The second-order valence-electron chi connectivity index (χ2n) is 6.96. The van der Waals surface area contributed by atoms with Crippen LogP contribution in [0.25, 0.3) is 0 Å². The molecule has 0 heterocycles. The number of benzene rings is 2. The molecule has 4 nitrogen and oxygen atoms in total. The van der Waals surface area contributed by atoms with Crippen molar-refractivity contribution in [1.29, 1.82) is 0 Å². The van der Waals surface area contributed by atoms with E-state index in [4.69, 9.17) is 19.9 Å². The van der Waals surface area contributed by atoms with Gasteiger partial charge in [0.15, 0.2) is 0 Å². The lowest BCUT2D eigenvalue weighted by atomic mass is 9.86. The molecule has 0 atom stereocenters. The first kappa shape index (κ1) is 19.1. The van der Waals surface area contributed by atoms with E-state index in [0.717, 1.165) is 34.8 Å². The highest BCUT2D eigenvalue weighted by atomic mass is 16.5. The van der Waals surface area contributed by atoms with Gasteiger partial charge in [-0.3, -0.25) is 0 Å². The number of ether oxygens (including phenoxy) is 3. The third-order valence-corrected chi connectivity index (χ3v) is 3.98. The van der Waals surface area contributed by atoms with Crippen molar-refractivity contribution in [3.63, 3.8) is 0 Å². The van der Waals surface area contributed by atoms with E-state index in [1.54, 1.807) is 7.11 Å². The summed E-state index contributed by atoms with van der Waals surface area (Å²) in [5, 5.41) is 0. The minimum atomic E-state index is -0.0293. The van der Waals surface area contributed by atoms with Gasteiger partial charge in [0.2, 0.25) is 0 Å². The van der Waals surface area contributed by atoms with Crippen LogP contribution in [0.15, 0.2) is 42.5 Å². The monoisotopic (exact) mass is 343 g/mol. The van der Waals surface area contributed by atoms with E-state index in [-0.39, 0.29) is 5.41 Å². The van der Waals surface area contributed by atoms with Crippen LogP contribution in [0, 0.1) is 0 Å². The number of hydrogen-bond acceptors (Lipinski definition) is 4. The highest BCUT2D eigenvalue weighted by Gasteiger charge is 2.20. The predicted octanol–water partition coefficient (Wildman–Crippen LogP) is 3.95. The third-order valence-electron chi connectivity index (χ3n) is 3.98. The molecule has 2 aromatic rings. The fraction of sp³-hybridized carbons (Fsp3) is 0.429. The van der Waals surface area contributed by atoms with Crippen LogP contribution in [0.1, 0.15) is 31.9 Å². The quantitative estimate of drug-likeness (QED) is 0.737. The molecule has 2 N–H and O–H groups in total. The van der Waals surface area contributed by atoms with Crippen molar-refractivity contribution in [2.45, 2.75) is 32.6 Å². The van der Waals surface area contributed by atoms with Gasteiger partial charge < -0.3 is 19.9 Å². The number of hydrogen-bond donors (Lipinski definition) is 1. The lowest BCUT2D eigenvalue weighted by Gasteiger charge is -2.23. The Morgan fingerprint density at radius 2 is 1.60 bits per heavy atom. The molecule has 0 aliphatic heterocycles. The summed E-state index contributed by atoms with van der Waals surface area (Å²) < 4.78 is 17.2.